The third-order valence-electron chi connectivity index (χ3n) is 3.24. The lowest BCUT2D eigenvalue weighted by Crippen LogP contribution is -2.27. The van der Waals surface area contributed by atoms with Crippen LogP contribution in [-0.4, -0.2) is 39.3 Å². The van der Waals surface area contributed by atoms with Crippen LogP contribution in [0.5, 0.6) is 0 Å². The largest absolute Gasteiger partial charge is 0.272 e. The first-order valence-corrected chi connectivity index (χ1v) is 8.17. The van der Waals surface area contributed by atoms with Gasteiger partial charge in [0.25, 0.3) is 0 Å². The number of aryl methyl sites for hydroxylation is 2. The Bertz CT molecular complexity index is 781. The highest BCUT2D eigenvalue weighted by molar-refractivity contribution is 7.89. The monoisotopic (exact) mass is 351 g/mol. The van der Waals surface area contributed by atoms with E-state index in [2.05, 4.69) is 10.2 Å². The van der Waals surface area contributed by atoms with Crippen LogP contribution in [0.15, 0.2) is 11.1 Å². The molecule has 0 aliphatic heterocycles. The van der Waals surface area contributed by atoms with Crippen molar-refractivity contribution in [2.75, 3.05) is 7.05 Å². The van der Waals surface area contributed by atoms with E-state index in [0.717, 1.165) is 0 Å². The van der Waals surface area contributed by atoms with E-state index in [9.17, 15) is 8.42 Å². The minimum atomic E-state index is -3.67. The zero-order chi connectivity index (χ0) is 15.9. The Morgan fingerprint density at radius 2 is 1.90 bits per heavy atom. The van der Waals surface area contributed by atoms with Crippen LogP contribution in [0.4, 0.5) is 0 Å². The summed E-state index contributed by atoms with van der Waals surface area (Å²) >= 11 is 12.0. The van der Waals surface area contributed by atoms with E-state index in [1.54, 1.807) is 21.0 Å². The fourth-order valence-corrected chi connectivity index (χ4v) is 3.51. The van der Waals surface area contributed by atoms with Crippen LogP contribution < -0.4 is 0 Å². The molecule has 2 rings (SSSR count). The number of sulfonamides is 1. The Morgan fingerprint density at radius 3 is 2.33 bits per heavy atom. The average Bonchev–Trinajstić information content (AvgIpc) is 2.86. The molecule has 2 heterocycles. The Labute approximate surface area is 133 Å². The molecule has 0 aliphatic carbocycles. The van der Waals surface area contributed by atoms with E-state index in [-0.39, 0.29) is 21.6 Å². The van der Waals surface area contributed by atoms with Crippen molar-refractivity contribution < 1.29 is 8.42 Å². The fourth-order valence-electron chi connectivity index (χ4n) is 1.83. The summed E-state index contributed by atoms with van der Waals surface area (Å²) in [5.41, 5.74) is 0.962. The van der Waals surface area contributed by atoms with Gasteiger partial charge in [-0.05, 0) is 6.92 Å². The molecule has 116 valence electrons. The second-order valence-corrected chi connectivity index (χ2v) is 7.40. The van der Waals surface area contributed by atoms with Crippen LogP contribution in [0.2, 0.25) is 10.2 Å². The molecular formula is C11H15Cl2N5O2S. The summed E-state index contributed by atoms with van der Waals surface area (Å²) in [5.74, 6) is 0. The third-order valence-corrected chi connectivity index (χ3v) is 6.07. The SMILES string of the molecule is Cc1c(S(=O)(=O)N(C)Cc2nn(C)c(Cl)c2Cl)cnn1C. The summed E-state index contributed by atoms with van der Waals surface area (Å²) in [6.07, 6.45) is 1.33. The smallest absolute Gasteiger partial charge is 0.246 e. The lowest BCUT2D eigenvalue weighted by molar-refractivity contribution is 0.459. The molecule has 0 unspecified atom stereocenters. The van der Waals surface area contributed by atoms with E-state index in [0.29, 0.717) is 11.4 Å². The Kier molecular flexibility index (Phi) is 4.34. The van der Waals surface area contributed by atoms with Crippen molar-refractivity contribution >= 4 is 33.2 Å². The van der Waals surface area contributed by atoms with Gasteiger partial charge in [0.15, 0.2) is 0 Å². The molecule has 0 atom stereocenters. The van der Waals surface area contributed by atoms with E-state index < -0.39 is 10.0 Å². The maximum atomic E-state index is 12.5. The summed E-state index contributed by atoms with van der Waals surface area (Å²) in [7, 11) is 1.11. The molecule has 21 heavy (non-hydrogen) atoms. The number of hydrogen-bond donors (Lipinski definition) is 0. The summed E-state index contributed by atoms with van der Waals surface area (Å²) < 4.78 is 29.1. The minimum Gasteiger partial charge on any atom is -0.272 e. The Hall–Kier alpha value is -1.09. The summed E-state index contributed by atoms with van der Waals surface area (Å²) in [6.45, 7) is 1.72. The van der Waals surface area contributed by atoms with Crippen molar-refractivity contribution in [1.29, 1.82) is 0 Å². The quantitative estimate of drug-likeness (QED) is 0.838. The van der Waals surface area contributed by atoms with E-state index in [1.165, 1.54) is 26.9 Å². The second-order valence-electron chi connectivity index (χ2n) is 4.65. The molecule has 0 spiro atoms. The van der Waals surface area contributed by atoms with Crippen LogP contribution in [0.3, 0.4) is 0 Å². The van der Waals surface area contributed by atoms with Gasteiger partial charge in [-0.3, -0.25) is 9.36 Å². The van der Waals surface area contributed by atoms with Gasteiger partial charge in [0.2, 0.25) is 10.0 Å². The molecule has 0 N–H and O–H groups in total. The zero-order valence-electron chi connectivity index (χ0n) is 12.0. The van der Waals surface area contributed by atoms with Gasteiger partial charge in [-0.15, -0.1) is 0 Å². The number of hydrogen-bond acceptors (Lipinski definition) is 4. The summed E-state index contributed by atoms with van der Waals surface area (Å²) in [5, 5.41) is 8.59. The lowest BCUT2D eigenvalue weighted by atomic mass is 10.4. The third kappa shape index (κ3) is 2.80. The molecule has 0 radical (unpaired) electrons. The van der Waals surface area contributed by atoms with Gasteiger partial charge in [-0.1, -0.05) is 23.2 Å². The van der Waals surface area contributed by atoms with Crippen LogP contribution in [-0.2, 0) is 30.7 Å². The van der Waals surface area contributed by atoms with Gasteiger partial charge >= 0.3 is 0 Å². The van der Waals surface area contributed by atoms with Crippen molar-refractivity contribution in [2.24, 2.45) is 14.1 Å². The van der Waals surface area contributed by atoms with Crippen LogP contribution in [0, 0.1) is 6.92 Å². The number of rotatable bonds is 4. The van der Waals surface area contributed by atoms with Crippen molar-refractivity contribution in [3.8, 4) is 0 Å². The molecular weight excluding hydrogens is 337 g/mol. The van der Waals surface area contributed by atoms with Gasteiger partial charge in [-0.2, -0.15) is 14.5 Å². The first-order chi connectivity index (χ1) is 9.66. The number of nitrogens with zero attached hydrogens (tertiary/aromatic N) is 5. The number of aromatic nitrogens is 4. The molecule has 0 saturated heterocycles. The van der Waals surface area contributed by atoms with Gasteiger partial charge in [0.1, 0.15) is 15.1 Å². The molecule has 2 aromatic rings. The molecule has 2 aromatic heterocycles. The first kappa shape index (κ1) is 16.3. The van der Waals surface area contributed by atoms with Crippen molar-refractivity contribution in [3.63, 3.8) is 0 Å². The zero-order valence-corrected chi connectivity index (χ0v) is 14.3. The highest BCUT2D eigenvalue weighted by atomic mass is 35.5. The van der Waals surface area contributed by atoms with Gasteiger partial charge < -0.3 is 0 Å². The highest BCUT2D eigenvalue weighted by Crippen LogP contribution is 2.27. The van der Waals surface area contributed by atoms with Crippen LogP contribution >= 0.6 is 23.2 Å². The molecule has 7 nitrogen and oxygen atoms in total. The summed E-state index contributed by atoms with van der Waals surface area (Å²) in [4.78, 5) is 0.158. The van der Waals surface area contributed by atoms with Gasteiger partial charge in [0.05, 0.1) is 24.1 Å². The highest BCUT2D eigenvalue weighted by Gasteiger charge is 2.27. The minimum absolute atomic E-state index is 0.0239. The fraction of sp³-hybridized carbons (Fsp3) is 0.455. The molecule has 0 saturated carbocycles. The van der Waals surface area contributed by atoms with Crippen molar-refractivity contribution in [3.05, 3.63) is 27.8 Å². The molecule has 0 bridgehead atoms. The molecule has 10 heteroatoms. The molecule has 0 amide bonds. The second kappa shape index (κ2) is 5.60. The number of halogens is 2. The molecule has 0 fully saturated rings. The Balaban J connectivity index is 2.33. The lowest BCUT2D eigenvalue weighted by Gasteiger charge is -2.15. The van der Waals surface area contributed by atoms with E-state index in [4.69, 9.17) is 23.2 Å². The topological polar surface area (TPSA) is 73.0 Å². The van der Waals surface area contributed by atoms with Crippen molar-refractivity contribution in [2.45, 2.75) is 18.4 Å². The Morgan fingerprint density at radius 1 is 1.29 bits per heavy atom. The average molecular weight is 352 g/mol. The van der Waals surface area contributed by atoms with E-state index >= 15 is 0 Å². The van der Waals surface area contributed by atoms with Gasteiger partial charge in [0, 0.05) is 21.1 Å². The van der Waals surface area contributed by atoms with Crippen molar-refractivity contribution in [1.82, 2.24) is 23.9 Å². The predicted octanol–water partition coefficient (Wildman–Crippen LogP) is 1.59. The normalized spacial score (nSPS) is 12.3. The maximum absolute atomic E-state index is 12.5. The maximum Gasteiger partial charge on any atom is 0.246 e. The molecule has 0 aliphatic rings. The van der Waals surface area contributed by atoms with Crippen LogP contribution in [0.1, 0.15) is 11.4 Å². The first-order valence-electron chi connectivity index (χ1n) is 5.98. The predicted molar refractivity (Wildman–Crippen MR) is 79.8 cm³/mol. The standard InChI is InChI=1S/C11H15Cl2N5O2S/c1-7-9(5-14-17(7)3)21(19,20)16(2)6-8-10(12)11(13)18(4)15-8/h5H,6H2,1-4H3. The van der Waals surface area contributed by atoms with Crippen LogP contribution in [0.25, 0.3) is 0 Å². The summed E-state index contributed by atoms with van der Waals surface area (Å²) in [6, 6.07) is 0. The van der Waals surface area contributed by atoms with Gasteiger partial charge in [-0.25, -0.2) is 8.42 Å². The van der Waals surface area contributed by atoms with E-state index in [1.807, 2.05) is 0 Å². The molecule has 0 aromatic carbocycles.